The van der Waals surface area contributed by atoms with Gasteiger partial charge in [0.2, 0.25) is 0 Å². The molecule has 0 fully saturated rings. The summed E-state index contributed by atoms with van der Waals surface area (Å²) in [5.41, 5.74) is 6.78. The molecule has 0 spiro atoms. The van der Waals surface area contributed by atoms with Crippen molar-refractivity contribution in [3.05, 3.63) is 38.7 Å². The summed E-state index contributed by atoms with van der Waals surface area (Å²) in [6, 6.07) is 4.75. The van der Waals surface area contributed by atoms with Gasteiger partial charge in [0.15, 0.2) is 5.75 Å². The number of benzene rings is 1. The summed E-state index contributed by atoms with van der Waals surface area (Å²) >= 11 is 1.43. The van der Waals surface area contributed by atoms with Crippen LogP contribution < -0.4 is 10.5 Å². The van der Waals surface area contributed by atoms with Crippen molar-refractivity contribution in [1.82, 2.24) is 4.98 Å². The van der Waals surface area contributed by atoms with E-state index < -0.39 is 4.92 Å². The summed E-state index contributed by atoms with van der Waals surface area (Å²) in [4.78, 5) is 14.7. The second-order valence-electron chi connectivity index (χ2n) is 3.47. The van der Waals surface area contributed by atoms with E-state index in [0.29, 0.717) is 17.8 Å². The van der Waals surface area contributed by atoms with E-state index in [1.165, 1.54) is 24.5 Å². The first-order valence-electron chi connectivity index (χ1n) is 5.13. The van der Waals surface area contributed by atoms with Gasteiger partial charge in [-0.25, -0.2) is 4.98 Å². The standard InChI is InChI=1S/C11H11N3O3S/c1-17-10-3-2-7(4-9(10)14(15)16)8-6-18-11(5-12)13-8/h2-4,6H,5,12H2,1H3. The Bertz CT molecular complexity index is 583. The Morgan fingerprint density at radius 2 is 2.33 bits per heavy atom. The van der Waals surface area contributed by atoms with Gasteiger partial charge in [0.1, 0.15) is 5.01 Å². The Hall–Kier alpha value is -1.99. The van der Waals surface area contributed by atoms with Crippen LogP contribution in [-0.4, -0.2) is 17.0 Å². The smallest absolute Gasteiger partial charge is 0.311 e. The zero-order valence-corrected chi connectivity index (χ0v) is 10.4. The van der Waals surface area contributed by atoms with Crippen molar-refractivity contribution >= 4 is 17.0 Å². The zero-order valence-electron chi connectivity index (χ0n) is 9.62. The molecule has 0 bridgehead atoms. The topological polar surface area (TPSA) is 91.3 Å². The Labute approximate surface area is 107 Å². The van der Waals surface area contributed by atoms with Crippen LogP contribution in [0.5, 0.6) is 5.75 Å². The summed E-state index contributed by atoms with van der Waals surface area (Å²) in [5.74, 6) is 0.234. The highest BCUT2D eigenvalue weighted by atomic mass is 32.1. The van der Waals surface area contributed by atoms with E-state index in [2.05, 4.69) is 4.98 Å². The molecule has 0 aliphatic rings. The highest BCUT2D eigenvalue weighted by Gasteiger charge is 2.16. The maximum absolute atomic E-state index is 10.9. The number of nitrogens with two attached hydrogens (primary N) is 1. The molecule has 6 nitrogen and oxygen atoms in total. The van der Waals surface area contributed by atoms with Crippen LogP contribution in [0.4, 0.5) is 5.69 Å². The molecular formula is C11H11N3O3S. The number of rotatable bonds is 4. The van der Waals surface area contributed by atoms with Crippen molar-refractivity contribution in [2.75, 3.05) is 7.11 Å². The lowest BCUT2D eigenvalue weighted by atomic mass is 10.1. The van der Waals surface area contributed by atoms with E-state index in [4.69, 9.17) is 10.5 Å². The molecule has 2 N–H and O–H groups in total. The molecule has 7 heteroatoms. The molecule has 0 aliphatic carbocycles. The van der Waals surface area contributed by atoms with Gasteiger partial charge in [0, 0.05) is 23.6 Å². The first-order chi connectivity index (χ1) is 8.65. The largest absolute Gasteiger partial charge is 0.490 e. The van der Waals surface area contributed by atoms with Crippen LogP contribution in [0.25, 0.3) is 11.3 Å². The van der Waals surface area contributed by atoms with Crippen LogP contribution in [0.2, 0.25) is 0 Å². The number of nitro groups is 1. The molecule has 94 valence electrons. The Kier molecular flexibility index (Phi) is 3.54. The molecule has 1 aromatic carbocycles. The van der Waals surface area contributed by atoms with Gasteiger partial charge in [-0.05, 0) is 12.1 Å². The van der Waals surface area contributed by atoms with E-state index in [-0.39, 0.29) is 11.4 Å². The molecule has 0 radical (unpaired) electrons. The fourth-order valence-electron chi connectivity index (χ4n) is 1.53. The molecule has 2 rings (SSSR count). The van der Waals surface area contributed by atoms with Gasteiger partial charge < -0.3 is 10.5 Å². The monoisotopic (exact) mass is 265 g/mol. The lowest BCUT2D eigenvalue weighted by Gasteiger charge is -2.03. The lowest BCUT2D eigenvalue weighted by molar-refractivity contribution is -0.385. The molecule has 0 atom stereocenters. The molecule has 18 heavy (non-hydrogen) atoms. The van der Waals surface area contributed by atoms with Crippen molar-refractivity contribution < 1.29 is 9.66 Å². The fraction of sp³-hybridized carbons (Fsp3) is 0.182. The maximum atomic E-state index is 10.9. The van der Waals surface area contributed by atoms with Crippen molar-refractivity contribution in [2.24, 2.45) is 5.73 Å². The third-order valence-corrected chi connectivity index (χ3v) is 3.27. The molecule has 1 aromatic heterocycles. The summed E-state index contributed by atoms with van der Waals surface area (Å²) in [6.45, 7) is 0.364. The average Bonchev–Trinajstić information content (AvgIpc) is 2.86. The van der Waals surface area contributed by atoms with Gasteiger partial charge in [0.05, 0.1) is 17.7 Å². The van der Waals surface area contributed by atoms with Crippen molar-refractivity contribution in [2.45, 2.75) is 6.54 Å². The van der Waals surface area contributed by atoms with Crippen molar-refractivity contribution in [3.63, 3.8) is 0 Å². The highest BCUT2D eigenvalue weighted by Crippen LogP contribution is 2.32. The van der Waals surface area contributed by atoms with Gasteiger partial charge in [-0.15, -0.1) is 11.3 Å². The summed E-state index contributed by atoms with van der Waals surface area (Å²) < 4.78 is 4.94. The molecule has 0 amide bonds. The minimum absolute atomic E-state index is 0.0719. The number of thiazole rings is 1. The first kappa shape index (κ1) is 12.5. The number of hydrogen-bond acceptors (Lipinski definition) is 6. The minimum Gasteiger partial charge on any atom is -0.490 e. The predicted octanol–water partition coefficient (Wildman–Crippen LogP) is 2.19. The summed E-state index contributed by atoms with van der Waals surface area (Å²) in [5, 5.41) is 13.5. The van der Waals surface area contributed by atoms with E-state index >= 15 is 0 Å². The van der Waals surface area contributed by atoms with Crippen LogP contribution in [0.1, 0.15) is 5.01 Å². The Balaban J connectivity index is 2.46. The highest BCUT2D eigenvalue weighted by molar-refractivity contribution is 7.09. The van der Waals surface area contributed by atoms with Gasteiger partial charge in [-0.2, -0.15) is 0 Å². The summed E-state index contributed by atoms with van der Waals surface area (Å²) in [6.07, 6.45) is 0. The zero-order chi connectivity index (χ0) is 13.1. The molecule has 0 saturated carbocycles. The summed E-state index contributed by atoms with van der Waals surface area (Å²) in [7, 11) is 1.40. The van der Waals surface area contributed by atoms with Crippen molar-refractivity contribution in [3.8, 4) is 17.0 Å². The number of hydrogen-bond donors (Lipinski definition) is 1. The van der Waals surface area contributed by atoms with Gasteiger partial charge >= 0.3 is 5.69 Å². The maximum Gasteiger partial charge on any atom is 0.311 e. The number of methoxy groups -OCH3 is 1. The first-order valence-corrected chi connectivity index (χ1v) is 6.01. The van der Waals surface area contributed by atoms with E-state index in [9.17, 15) is 10.1 Å². The average molecular weight is 265 g/mol. The molecular weight excluding hydrogens is 254 g/mol. The van der Waals surface area contributed by atoms with Crippen LogP contribution in [-0.2, 0) is 6.54 Å². The number of ether oxygens (including phenoxy) is 1. The van der Waals surface area contributed by atoms with Crippen LogP contribution in [0.3, 0.4) is 0 Å². The molecule has 1 heterocycles. The second kappa shape index (κ2) is 5.11. The molecule has 0 saturated heterocycles. The predicted molar refractivity (Wildman–Crippen MR) is 68.6 cm³/mol. The normalized spacial score (nSPS) is 10.3. The van der Waals surface area contributed by atoms with Gasteiger partial charge in [0.25, 0.3) is 0 Å². The second-order valence-corrected chi connectivity index (χ2v) is 4.42. The van der Waals surface area contributed by atoms with E-state index in [1.807, 2.05) is 5.38 Å². The molecule has 0 unspecified atom stereocenters. The SMILES string of the molecule is COc1ccc(-c2csc(CN)n2)cc1[N+](=O)[O-]. The van der Waals surface area contributed by atoms with E-state index in [0.717, 1.165) is 5.01 Å². The number of aromatic nitrogens is 1. The third-order valence-electron chi connectivity index (χ3n) is 2.40. The van der Waals surface area contributed by atoms with Gasteiger partial charge in [-0.1, -0.05) is 0 Å². The van der Waals surface area contributed by atoms with Crippen LogP contribution >= 0.6 is 11.3 Å². The Morgan fingerprint density at radius 1 is 1.56 bits per heavy atom. The van der Waals surface area contributed by atoms with E-state index in [1.54, 1.807) is 12.1 Å². The fourth-order valence-corrected chi connectivity index (χ4v) is 2.21. The van der Waals surface area contributed by atoms with Crippen LogP contribution in [0, 0.1) is 10.1 Å². The minimum atomic E-state index is -0.474. The van der Waals surface area contributed by atoms with Crippen molar-refractivity contribution in [1.29, 1.82) is 0 Å². The van der Waals surface area contributed by atoms with Crippen LogP contribution in [0.15, 0.2) is 23.6 Å². The Morgan fingerprint density at radius 3 is 2.89 bits per heavy atom. The lowest BCUT2D eigenvalue weighted by Crippen LogP contribution is -1.95. The number of nitro benzene ring substituents is 1. The third kappa shape index (κ3) is 2.31. The molecule has 0 aliphatic heterocycles. The number of nitrogens with zero attached hydrogens (tertiary/aromatic N) is 2. The molecule has 2 aromatic rings. The van der Waals surface area contributed by atoms with Gasteiger partial charge in [-0.3, -0.25) is 10.1 Å². The quantitative estimate of drug-likeness (QED) is 0.675.